The van der Waals surface area contributed by atoms with Crippen molar-refractivity contribution >= 4 is 11.9 Å². The van der Waals surface area contributed by atoms with E-state index in [1.807, 2.05) is 13.8 Å². The van der Waals surface area contributed by atoms with Gasteiger partial charge in [-0.15, -0.1) is 0 Å². The molecule has 2 aromatic rings. The summed E-state index contributed by atoms with van der Waals surface area (Å²) >= 11 is 0. The molecule has 0 spiro atoms. The van der Waals surface area contributed by atoms with E-state index < -0.39 is 17.3 Å². The summed E-state index contributed by atoms with van der Waals surface area (Å²) in [5.41, 5.74) is 4.59. The van der Waals surface area contributed by atoms with E-state index in [1.54, 1.807) is 25.7 Å². The van der Waals surface area contributed by atoms with Crippen LogP contribution in [-0.4, -0.2) is 40.8 Å². The predicted molar refractivity (Wildman–Crippen MR) is 122 cm³/mol. The van der Waals surface area contributed by atoms with Crippen molar-refractivity contribution in [1.29, 1.82) is 0 Å². The number of pyridine rings is 1. The molecule has 1 aromatic heterocycles. The highest BCUT2D eigenvalue weighted by Crippen LogP contribution is 2.29. The van der Waals surface area contributed by atoms with Crippen LogP contribution in [-0.2, 0) is 22.3 Å². The highest BCUT2D eigenvalue weighted by atomic mass is 19.4. The number of carbonyl (C=O) groups excluding carboxylic acids is 1. The first-order valence-corrected chi connectivity index (χ1v) is 11.0. The van der Waals surface area contributed by atoms with Crippen molar-refractivity contribution in [3.63, 3.8) is 0 Å². The van der Waals surface area contributed by atoms with Crippen molar-refractivity contribution in [2.75, 3.05) is 18.8 Å². The molecule has 0 radical (unpaired) electrons. The Bertz CT molecular complexity index is 846. The lowest BCUT2D eigenvalue weighted by Gasteiger charge is -2.24. The lowest BCUT2D eigenvalue weighted by molar-refractivity contribution is -0.137. The van der Waals surface area contributed by atoms with Crippen LogP contribution in [0.3, 0.4) is 0 Å². The molecule has 6 nitrogen and oxygen atoms in total. The molecule has 0 bridgehead atoms. The lowest BCUT2D eigenvalue weighted by atomic mass is 10.1. The second-order valence-electron chi connectivity index (χ2n) is 8.24. The average molecular weight is 488 g/mol. The second kappa shape index (κ2) is 13.1. The second-order valence-corrected chi connectivity index (χ2v) is 8.24. The van der Waals surface area contributed by atoms with Gasteiger partial charge in [0.15, 0.2) is 0 Å². The fourth-order valence-electron chi connectivity index (χ4n) is 2.75. The number of carbonyl (C=O) groups is 1. The molecule has 1 unspecified atom stereocenters. The van der Waals surface area contributed by atoms with E-state index in [0.29, 0.717) is 30.9 Å². The standard InChI is InChI=1S/C17H22F3NO3.C5H5FN2.C2H6/c1-16(2,3)24-15(22)21-9-8-14(10-21)23-11-12-4-6-13(7-5-12)17(18,19)20;6-4-1-2-5(7)8-3-4;1-2/h4-7,14H,8-11H2,1-3H3;1-3H,(H2,7,8);1-2H3. The van der Waals surface area contributed by atoms with E-state index in [0.717, 1.165) is 18.3 Å². The SMILES string of the molecule is CC.CC(C)(C)OC(=O)N1CCC(OCc2ccc(C(F)(F)F)cc2)C1.Nc1ccc(F)cn1. The largest absolute Gasteiger partial charge is 0.444 e. The van der Waals surface area contributed by atoms with Crippen LogP contribution in [0.2, 0.25) is 0 Å². The monoisotopic (exact) mass is 487 g/mol. The number of nitrogens with two attached hydrogens (primary N) is 1. The van der Waals surface area contributed by atoms with Gasteiger partial charge in [-0.2, -0.15) is 13.2 Å². The van der Waals surface area contributed by atoms with E-state index in [4.69, 9.17) is 15.2 Å². The Morgan fingerprint density at radius 1 is 1.12 bits per heavy atom. The molecule has 0 aliphatic carbocycles. The molecule has 1 amide bonds. The summed E-state index contributed by atoms with van der Waals surface area (Å²) in [7, 11) is 0. The van der Waals surface area contributed by atoms with E-state index in [1.165, 1.54) is 24.3 Å². The smallest absolute Gasteiger partial charge is 0.416 e. The number of likely N-dealkylation sites (tertiary alicyclic amines) is 1. The van der Waals surface area contributed by atoms with Crippen LogP contribution in [0.1, 0.15) is 52.2 Å². The van der Waals surface area contributed by atoms with Gasteiger partial charge >= 0.3 is 12.3 Å². The Balaban J connectivity index is 0.000000483. The van der Waals surface area contributed by atoms with E-state index in [9.17, 15) is 22.4 Å². The Kier molecular flexibility index (Phi) is 11.3. The topological polar surface area (TPSA) is 77.7 Å². The maximum absolute atomic E-state index is 12.5. The van der Waals surface area contributed by atoms with Crippen molar-refractivity contribution in [1.82, 2.24) is 9.88 Å². The molecule has 1 aromatic carbocycles. The summed E-state index contributed by atoms with van der Waals surface area (Å²) < 4.78 is 60.5. The number of halogens is 4. The number of nitrogens with zero attached hydrogens (tertiary/aromatic N) is 2. The normalized spacial score (nSPS) is 15.6. The molecule has 190 valence electrons. The van der Waals surface area contributed by atoms with Gasteiger partial charge in [-0.25, -0.2) is 14.2 Å². The van der Waals surface area contributed by atoms with Crippen molar-refractivity contribution in [2.45, 2.75) is 65.5 Å². The average Bonchev–Trinajstić information content (AvgIpc) is 3.24. The van der Waals surface area contributed by atoms with Crippen molar-refractivity contribution in [3.05, 3.63) is 59.5 Å². The fraction of sp³-hybridized carbons (Fsp3) is 0.500. The van der Waals surface area contributed by atoms with E-state index in [-0.39, 0.29) is 24.6 Å². The van der Waals surface area contributed by atoms with Crippen LogP contribution in [0.4, 0.5) is 28.2 Å². The van der Waals surface area contributed by atoms with Crippen molar-refractivity contribution in [2.24, 2.45) is 0 Å². The molecule has 1 atom stereocenters. The van der Waals surface area contributed by atoms with Crippen LogP contribution in [0.15, 0.2) is 42.6 Å². The number of rotatable bonds is 3. The molecule has 1 fully saturated rings. The van der Waals surface area contributed by atoms with Crippen LogP contribution < -0.4 is 5.73 Å². The number of aromatic nitrogens is 1. The molecule has 10 heteroatoms. The number of hydrogen-bond acceptors (Lipinski definition) is 5. The summed E-state index contributed by atoms with van der Waals surface area (Å²) in [6.45, 7) is 10.6. The molecule has 34 heavy (non-hydrogen) atoms. The summed E-state index contributed by atoms with van der Waals surface area (Å²) in [6, 6.07) is 7.57. The molecular weight excluding hydrogens is 454 g/mol. The summed E-state index contributed by atoms with van der Waals surface area (Å²) in [5, 5.41) is 0. The minimum absolute atomic E-state index is 0.139. The molecule has 1 aliphatic heterocycles. The highest BCUT2D eigenvalue weighted by molar-refractivity contribution is 5.68. The molecule has 3 rings (SSSR count). The van der Waals surface area contributed by atoms with Gasteiger partial charge in [-0.1, -0.05) is 26.0 Å². The zero-order valence-electron chi connectivity index (χ0n) is 20.2. The Morgan fingerprint density at radius 3 is 2.21 bits per heavy atom. The third-order valence-corrected chi connectivity index (χ3v) is 4.31. The fourth-order valence-corrected chi connectivity index (χ4v) is 2.75. The van der Waals surface area contributed by atoms with Crippen molar-refractivity contribution in [3.8, 4) is 0 Å². The summed E-state index contributed by atoms with van der Waals surface area (Å²) in [4.78, 5) is 17.0. The van der Waals surface area contributed by atoms with Crippen LogP contribution in [0.25, 0.3) is 0 Å². The molecule has 0 saturated carbocycles. The molecule has 1 saturated heterocycles. The maximum Gasteiger partial charge on any atom is 0.416 e. The zero-order chi connectivity index (χ0) is 25.9. The quantitative estimate of drug-likeness (QED) is 0.533. The Morgan fingerprint density at radius 2 is 1.74 bits per heavy atom. The van der Waals surface area contributed by atoms with Gasteiger partial charge in [0.25, 0.3) is 0 Å². The van der Waals surface area contributed by atoms with Crippen molar-refractivity contribution < 1.29 is 31.8 Å². The van der Waals surface area contributed by atoms with Gasteiger partial charge < -0.3 is 20.1 Å². The number of benzene rings is 1. The number of amides is 1. The predicted octanol–water partition coefficient (Wildman–Crippen LogP) is 6.06. The highest BCUT2D eigenvalue weighted by Gasteiger charge is 2.31. The lowest BCUT2D eigenvalue weighted by Crippen LogP contribution is -2.36. The first-order valence-electron chi connectivity index (χ1n) is 11.0. The maximum atomic E-state index is 12.5. The number of anilines is 1. The molecule has 2 N–H and O–H groups in total. The number of alkyl halides is 3. The van der Waals surface area contributed by atoms with E-state index in [2.05, 4.69) is 4.98 Å². The first-order chi connectivity index (χ1) is 15.8. The number of nitrogen functional groups attached to an aromatic ring is 1. The van der Waals surface area contributed by atoms with E-state index >= 15 is 0 Å². The van der Waals surface area contributed by atoms with Gasteiger partial charge in [0.2, 0.25) is 0 Å². The van der Waals surface area contributed by atoms with Crippen LogP contribution in [0.5, 0.6) is 0 Å². The van der Waals surface area contributed by atoms with Gasteiger partial charge in [0, 0.05) is 6.54 Å². The third-order valence-electron chi connectivity index (χ3n) is 4.31. The minimum Gasteiger partial charge on any atom is -0.444 e. The molecular formula is C24H33F4N3O3. The number of ether oxygens (including phenoxy) is 2. The van der Waals surface area contributed by atoms with Gasteiger partial charge in [-0.05, 0) is 57.0 Å². The van der Waals surface area contributed by atoms with Crippen LogP contribution >= 0.6 is 0 Å². The first kappa shape index (κ1) is 29.2. The Hall–Kier alpha value is -2.88. The summed E-state index contributed by atoms with van der Waals surface area (Å²) in [6.07, 6.45) is -3.09. The van der Waals surface area contributed by atoms with Gasteiger partial charge in [0.05, 0.1) is 31.0 Å². The third kappa shape index (κ3) is 10.8. The minimum atomic E-state index is -4.33. The Labute approximate surface area is 198 Å². The number of hydrogen-bond donors (Lipinski definition) is 1. The molecule has 1 aliphatic rings. The summed E-state index contributed by atoms with van der Waals surface area (Å²) in [5.74, 6) is -0.0226. The molecule has 2 heterocycles. The van der Waals surface area contributed by atoms with Gasteiger partial charge in [0.1, 0.15) is 17.2 Å². The van der Waals surface area contributed by atoms with Gasteiger partial charge in [-0.3, -0.25) is 0 Å². The zero-order valence-corrected chi connectivity index (χ0v) is 20.2. The van der Waals surface area contributed by atoms with Crippen LogP contribution in [0, 0.1) is 5.82 Å².